The number of ether oxygens (including phenoxy) is 2. The number of anilines is 2. The molecular weight excluding hydrogens is 388 g/mol. The number of hydrogen-bond donors (Lipinski definition) is 2. The lowest BCUT2D eigenvalue weighted by atomic mass is 10.1. The number of carbonyl (C=O) groups excluding carboxylic acids is 1. The first-order chi connectivity index (χ1) is 14.2. The molecule has 5 nitrogen and oxygen atoms in total. The van der Waals surface area contributed by atoms with Gasteiger partial charge >= 0.3 is 0 Å². The largest absolute Gasteiger partial charge is 0.490 e. The van der Waals surface area contributed by atoms with Gasteiger partial charge in [-0.2, -0.15) is 0 Å². The summed E-state index contributed by atoms with van der Waals surface area (Å²) in [6, 6.07) is 20.7. The van der Waals surface area contributed by atoms with Gasteiger partial charge < -0.3 is 20.1 Å². The van der Waals surface area contributed by atoms with Gasteiger partial charge in [0.15, 0.2) is 11.5 Å². The molecule has 148 valence electrons. The number of nitrogens with one attached hydrogen (secondary N) is 2. The van der Waals surface area contributed by atoms with Crippen molar-refractivity contribution in [3.8, 4) is 11.5 Å². The summed E-state index contributed by atoms with van der Waals surface area (Å²) in [5.41, 5.74) is 3.09. The molecule has 1 aliphatic rings. The van der Waals surface area contributed by atoms with Crippen LogP contribution in [0.2, 0.25) is 5.02 Å². The molecule has 2 N–H and O–H groups in total. The minimum atomic E-state index is -0.235. The maximum Gasteiger partial charge on any atom is 0.255 e. The topological polar surface area (TPSA) is 59.6 Å². The third kappa shape index (κ3) is 4.81. The average molecular weight is 409 g/mol. The zero-order valence-corrected chi connectivity index (χ0v) is 16.5. The van der Waals surface area contributed by atoms with E-state index in [0.29, 0.717) is 47.5 Å². The Bertz CT molecular complexity index is 1010. The molecule has 0 atom stereocenters. The highest BCUT2D eigenvalue weighted by Gasteiger charge is 2.14. The van der Waals surface area contributed by atoms with Gasteiger partial charge in [-0.15, -0.1) is 0 Å². The fourth-order valence-electron chi connectivity index (χ4n) is 3.04. The Morgan fingerprint density at radius 2 is 1.72 bits per heavy atom. The molecule has 1 heterocycles. The molecule has 0 spiro atoms. The summed E-state index contributed by atoms with van der Waals surface area (Å²) >= 11 is 6.39. The number of hydrogen-bond acceptors (Lipinski definition) is 4. The highest BCUT2D eigenvalue weighted by atomic mass is 35.5. The normalized spacial score (nSPS) is 12.7. The average Bonchev–Trinajstić information content (AvgIpc) is 2.99. The van der Waals surface area contributed by atoms with E-state index in [0.717, 1.165) is 17.7 Å². The Hall–Kier alpha value is -3.18. The quantitative estimate of drug-likeness (QED) is 0.596. The van der Waals surface area contributed by atoms with Crippen LogP contribution in [0.5, 0.6) is 11.5 Å². The predicted octanol–water partition coefficient (Wildman–Crippen LogP) is 5.37. The van der Waals surface area contributed by atoms with Gasteiger partial charge in [-0.25, -0.2) is 0 Å². The lowest BCUT2D eigenvalue weighted by Crippen LogP contribution is -2.12. The maximum absolute atomic E-state index is 12.6. The molecule has 29 heavy (non-hydrogen) atoms. The summed E-state index contributed by atoms with van der Waals surface area (Å²) in [6.07, 6.45) is 0.819. The van der Waals surface area contributed by atoms with Crippen LogP contribution in [0.4, 0.5) is 11.4 Å². The van der Waals surface area contributed by atoms with Gasteiger partial charge in [-0.3, -0.25) is 4.79 Å². The van der Waals surface area contributed by atoms with Gasteiger partial charge in [0.05, 0.1) is 23.9 Å². The highest BCUT2D eigenvalue weighted by molar-refractivity contribution is 6.33. The monoisotopic (exact) mass is 408 g/mol. The van der Waals surface area contributed by atoms with Crippen LogP contribution in [0, 0.1) is 0 Å². The van der Waals surface area contributed by atoms with E-state index in [4.69, 9.17) is 21.1 Å². The molecule has 4 rings (SSSR count). The fourth-order valence-corrected chi connectivity index (χ4v) is 3.28. The number of fused-ring (bicyclic) bond motifs is 1. The smallest absolute Gasteiger partial charge is 0.255 e. The Morgan fingerprint density at radius 1 is 0.931 bits per heavy atom. The third-order valence-electron chi connectivity index (χ3n) is 4.56. The van der Waals surface area contributed by atoms with Gasteiger partial charge in [0, 0.05) is 24.2 Å². The number of amides is 1. The van der Waals surface area contributed by atoms with Crippen molar-refractivity contribution in [1.82, 2.24) is 0 Å². The van der Waals surface area contributed by atoms with Gasteiger partial charge in [-0.05, 0) is 42.0 Å². The molecule has 0 saturated carbocycles. The predicted molar refractivity (Wildman–Crippen MR) is 115 cm³/mol. The van der Waals surface area contributed by atoms with Crippen molar-refractivity contribution in [2.24, 2.45) is 0 Å². The van der Waals surface area contributed by atoms with E-state index in [1.807, 2.05) is 42.5 Å². The Balaban J connectivity index is 1.42. The van der Waals surface area contributed by atoms with Crippen LogP contribution in [0.25, 0.3) is 0 Å². The molecule has 3 aromatic rings. The molecule has 0 aliphatic carbocycles. The van der Waals surface area contributed by atoms with E-state index < -0.39 is 0 Å². The van der Waals surface area contributed by atoms with Crippen LogP contribution in [0.15, 0.2) is 66.7 Å². The third-order valence-corrected chi connectivity index (χ3v) is 4.88. The standard InChI is InChI=1S/C23H21ClN2O3/c24-19-14-18(8-9-20(19)25-15-16-5-2-1-3-6-16)26-23(27)17-7-10-21-22(13-17)29-12-4-11-28-21/h1-3,5-10,13-14,25H,4,11-12,15H2,(H,26,27). The summed E-state index contributed by atoms with van der Waals surface area (Å²) in [6.45, 7) is 1.86. The zero-order chi connectivity index (χ0) is 20.1. The second-order valence-corrected chi connectivity index (χ2v) is 7.11. The van der Waals surface area contributed by atoms with Gasteiger partial charge in [0.1, 0.15) is 0 Å². The van der Waals surface area contributed by atoms with Gasteiger partial charge in [0.25, 0.3) is 5.91 Å². The van der Waals surface area contributed by atoms with Crippen LogP contribution in [0.3, 0.4) is 0 Å². The van der Waals surface area contributed by atoms with E-state index in [9.17, 15) is 4.79 Å². The molecular formula is C23H21ClN2O3. The van der Waals surface area contributed by atoms with Crippen molar-refractivity contribution in [2.75, 3.05) is 23.8 Å². The molecule has 1 aliphatic heterocycles. The van der Waals surface area contributed by atoms with Crippen molar-refractivity contribution in [2.45, 2.75) is 13.0 Å². The molecule has 1 amide bonds. The highest BCUT2D eigenvalue weighted by Crippen LogP contribution is 2.31. The second kappa shape index (κ2) is 8.88. The number of carbonyl (C=O) groups is 1. The fraction of sp³-hybridized carbons (Fsp3) is 0.174. The van der Waals surface area contributed by atoms with Gasteiger partial charge in [-0.1, -0.05) is 41.9 Å². The van der Waals surface area contributed by atoms with Gasteiger partial charge in [0.2, 0.25) is 0 Å². The van der Waals surface area contributed by atoms with E-state index in [2.05, 4.69) is 10.6 Å². The minimum absolute atomic E-state index is 0.235. The first-order valence-corrected chi connectivity index (χ1v) is 9.85. The number of benzene rings is 3. The van der Waals surface area contributed by atoms with Crippen molar-refractivity contribution in [1.29, 1.82) is 0 Å². The molecule has 0 bridgehead atoms. The molecule has 0 saturated heterocycles. The lowest BCUT2D eigenvalue weighted by molar-refractivity contribution is 0.102. The molecule has 6 heteroatoms. The lowest BCUT2D eigenvalue weighted by Gasteiger charge is -2.12. The first kappa shape index (κ1) is 19.2. The second-order valence-electron chi connectivity index (χ2n) is 6.70. The van der Waals surface area contributed by atoms with E-state index >= 15 is 0 Å². The summed E-state index contributed by atoms with van der Waals surface area (Å²) < 4.78 is 11.3. The Morgan fingerprint density at radius 3 is 2.52 bits per heavy atom. The van der Waals surface area contributed by atoms with Crippen molar-refractivity contribution >= 4 is 28.9 Å². The Kier molecular flexibility index (Phi) is 5.86. The van der Waals surface area contributed by atoms with Crippen LogP contribution >= 0.6 is 11.6 Å². The molecule has 0 radical (unpaired) electrons. The molecule has 0 fully saturated rings. The summed E-state index contributed by atoms with van der Waals surface area (Å²) in [7, 11) is 0. The SMILES string of the molecule is O=C(Nc1ccc(NCc2ccccc2)c(Cl)c1)c1ccc2c(c1)OCCCO2. The van der Waals surface area contributed by atoms with Crippen LogP contribution in [-0.4, -0.2) is 19.1 Å². The molecule has 0 unspecified atom stereocenters. The zero-order valence-electron chi connectivity index (χ0n) is 15.8. The molecule has 3 aromatic carbocycles. The van der Waals surface area contributed by atoms with Crippen molar-refractivity contribution < 1.29 is 14.3 Å². The first-order valence-electron chi connectivity index (χ1n) is 9.47. The summed E-state index contributed by atoms with van der Waals surface area (Å²) in [4.78, 5) is 12.6. The van der Waals surface area contributed by atoms with Crippen LogP contribution in [-0.2, 0) is 6.54 Å². The number of halogens is 1. The van der Waals surface area contributed by atoms with E-state index in [1.165, 1.54) is 0 Å². The molecule has 0 aromatic heterocycles. The van der Waals surface area contributed by atoms with Crippen molar-refractivity contribution in [3.05, 3.63) is 82.9 Å². The maximum atomic E-state index is 12.6. The van der Waals surface area contributed by atoms with Crippen LogP contribution in [0.1, 0.15) is 22.3 Å². The van der Waals surface area contributed by atoms with Crippen molar-refractivity contribution in [3.63, 3.8) is 0 Å². The van der Waals surface area contributed by atoms with Crippen LogP contribution < -0.4 is 20.1 Å². The number of rotatable bonds is 5. The van der Waals surface area contributed by atoms with E-state index in [1.54, 1.807) is 24.3 Å². The summed E-state index contributed by atoms with van der Waals surface area (Å²) in [5.74, 6) is 1.02. The summed E-state index contributed by atoms with van der Waals surface area (Å²) in [5, 5.41) is 6.72. The van der Waals surface area contributed by atoms with E-state index in [-0.39, 0.29) is 5.91 Å². The Labute approximate surface area is 174 Å². The minimum Gasteiger partial charge on any atom is -0.490 e.